The number of benzene rings is 1. The van der Waals surface area contributed by atoms with Gasteiger partial charge in [0.2, 0.25) is 0 Å². The van der Waals surface area contributed by atoms with Crippen LogP contribution in [0.4, 0.5) is 0 Å². The predicted octanol–water partition coefficient (Wildman–Crippen LogP) is 2.99. The van der Waals surface area contributed by atoms with Gasteiger partial charge in [-0.25, -0.2) is 0 Å². The van der Waals surface area contributed by atoms with Gasteiger partial charge in [-0.2, -0.15) is 0 Å². The van der Waals surface area contributed by atoms with E-state index < -0.39 is 0 Å². The van der Waals surface area contributed by atoms with E-state index in [1.165, 1.54) is 5.56 Å². The smallest absolute Gasteiger partial charge is 0.142 e. The van der Waals surface area contributed by atoms with E-state index in [1.807, 2.05) is 12.1 Å². The zero-order valence-corrected chi connectivity index (χ0v) is 14.4. The highest BCUT2D eigenvalue weighted by atomic mass is 35.5. The zero-order chi connectivity index (χ0) is 16.1. The van der Waals surface area contributed by atoms with Crippen LogP contribution in [0.2, 0.25) is 5.02 Å². The summed E-state index contributed by atoms with van der Waals surface area (Å²) in [5, 5.41) is 13.9. The number of ether oxygens (including phenoxy) is 1. The lowest BCUT2D eigenvalue weighted by Gasteiger charge is -2.29. The number of rotatable bonds is 5. The van der Waals surface area contributed by atoms with Gasteiger partial charge in [0.1, 0.15) is 5.75 Å². The normalized spacial score (nSPS) is 23.1. The quantitative estimate of drug-likeness (QED) is 0.810. The molecular formula is C18H27ClN2O2. The fourth-order valence-electron chi connectivity index (χ4n) is 3.50. The fourth-order valence-corrected chi connectivity index (χ4v) is 3.74. The molecule has 0 aromatic heterocycles. The molecule has 2 heterocycles. The number of nitrogens with zero attached hydrogens (tertiary/aromatic N) is 1. The van der Waals surface area contributed by atoms with Gasteiger partial charge in [0.25, 0.3) is 0 Å². The van der Waals surface area contributed by atoms with E-state index >= 15 is 0 Å². The van der Waals surface area contributed by atoms with Gasteiger partial charge in [-0.15, -0.1) is 0 Å². The van der Waals surface area contributed by atoms with Crippen molar-refractivity contribution in [3.63, 3.8) is 0 Å². The number of aliphatic hydroxyl groups excluding tert-OH is 1. The number of halogens is 1. The van der Waals surface area contributed by atoms with Crippen molar-refractivity contribution in [2.45, 2.75) is 44.2 Å². The second-order valence-electron chi connectivity index (χ2n) is 6.58. The molecular weight excluding hydrogens is 312 g/mol. The lowest BCUT2D eigenvalue weighted by molar-refractivity contribution is 0.0820. The van der Waals surface area contributed by atoms with Gasteiger partial charge in [0.05, 0.1) is 17.7 Å². The van der Waals surface area contributed by atoms with Crippen molar-refractivity contribution < 1.29 is 9.84 Å². The summed E-state index contributed by atoms with van der Waals surface area (Å²) in [4.78, 5) is 2.45. The van der Waals surface area contributed by atoms with Crippen molar-refractivity contribution >= 4 is 11.6 Å². The van der Waals surface area contributed by atoms with Crippen LogP contribution in [0.15, 0.2) is 18.2 Å². The molecule has 2 N–H and O–H groups in total. The molecule has 1 aromatic rings. The van der Waals surface area contributed by atoms with Gasteiger partial charge in [0.15, 0.2) is 0 Å². The van der Waals surface area contributed by atoms with Crippen LogP contribution in [-0.4, -0.2) is 48.9 Å². The number of likely N-dealkylation sites (tertiary alicyclic amines) is 1. The van der Waals surface area contributed by atoms with Crippen LogP contribution in [0.1, 0.15) is 43.7 Å². The highest BCUT2D eigenvalue weighted by Crippen LogP contribution is 2.36. The number of fused-ring (bicyclic) bond motifs is 1. The van der Waals surface area contributed by atoms with Crippen LogP contribution in [0, 0.1) is 0 Å². The van der Waals surface area contributed by atoms with Crippen LogP contribution in [0.3, 0.4) is 0 Å². The van der Waals surface area contributed by atoms with E-state index in [9.17, 15) is 5.11 Å². The standard InChI is InChI=1S/C18H27ClN2O2/c19-16-5-1-4-15-17(6-2-13-23-18(15)16)20-9-3-10-21-11-7-14(22)8-12-21/h1,4-5,14,17,20,22H,2-3,6-13H2. The number of nitrogens with one attached hydrogen (secondary N) is 1. The van der Waals surface area contributed by atoms with E-state index in [4.69, 9.17) is 16.3 Å². The third kappa shape index (κ3) is 4.60. The second-order valence-corrected chi connectivity index (χ2v) is 6.99. The molecule has 1 saturated heterocycles. The average molecular weight is 339 g/mol. The molecule has 0 aliphatic carbocycles. The van der Waals surface area contributed by atoms with E-state index in [0.29, 0.717) is 11.1 Å². The maximum absolute atomic E-state index is 9.55. The van der Waals surface area contributed by atoms with Gasteiger partial charge in [-0.3, -0.25) is 0 Å². The first-order chi connectivity index (χ1) is 11.2. The Morgan fingerprint density at radius 1 is 1.26 bits per heavy atom. The van der Waals surface area contributed by atoms with Crippen molar-refractivity contribution in [3.05, 3.63) is 28.8 Å². The minimum Gasteiger partial charge on any atom is -0.492 e. The second kappa shape index (κ2) is 8.34. The van der Waals surface area contributed by atoms with Crippen LogP contribution >= 0.6 is 11.6 Å². The summed E-state index contributed by atoms with van der Waals surface area (Å²) < 4.78 is 5.82. The molecule has 2 aliphatic rings. The first kappa shape index (κ1) is 17.0. The van der Waals surface area contributed by atoms with Crippen molar-refractivity contribution in [1.82, 2.24) is 10.2 Å². The molecule has 1 aromatic carbocycles. The molecule has 1 unspecified atom stereocenters. The van der Waals surface area contributed by atoms with Gasteiger partial charge in [0, 0.05) is 24.7 Å². The molecule has 23 heavy (non-hydrogen) atoms. The first-order valence-electron chi connectivity index (χ1n) is 8.79. The molecule has 1 atom stereocenters. The molecule has 3 rings (SSSR count). The van der Waals surface area contributed by atoms with Crippen molar-refractivity contribution in [2.24, 2.45) is 0 Å². The maximum atomic E-state index is 9.55. The Morgan fingerprint density at radius 3 is 2.91 bits per heavy atom. The summed E-state index contributed by atoms with van der Waals surface area (Å²) >= 11 is 6.27. The molecule has 0 amide bonds. The maximum Gasteiger partial charge on any atom is 0.142 e. The van der Waals surface area contributed by atoms with Gasteiger partial charge >= 0.3 is 0 Å². The van der Waals surface area contributed by atoms with Crippen LogP contribution < -0.4 is 10.1 Å². The average Bonchev–Trinajstić information content (AvgIpc) is 2.77. The highest BCUT2D eigenvalue weighted by molar-refractivity contribution is 6.32. The Balaban J connectivity index is 1.48. The first-order valence-corrected chi connectivity index (χ1v) is 9.17. The topological polar surface area (TPSA) is 44.7 Å². The van der Waals surface area contributed by atoms with E-state index in [2.05, 4.69) is 16.3 Å². The van der Waals surface area contributed by atoms with Crippen molar-refractivity contribution in [2.75, 3.05) is 32.8 Å². The van der Waals surface area contributed by atoms with Crippen molar-refractivity contribution in [1.29, 1.82) is 0 Å². The summed E-state index contributed by atoms with van der Waals surface area (Å²) in [5.74, 6) is 0.856. The van der Waals surface area contributed by atoms with Crippen LogP contribution in [-0.2, 0) is 0 Å². The SMILES string of the molecule is OC1CCN(CCCNC2CCCOc3c(Cl)cccc32)CC1. The number of aliphatic hydroxyl groups is 1. The summed E-state index contributed by atoms with van der Waals surface area (Å²) in [6.45, 7) is 4.89. The molecule has 1 fully saturated rings. The summed E-state index contributed by atoms with van der Waals surface area (Å²) in [5.41, 5.74) is 1.19. The van der Waals surface area contributed by atoms with Gasteiger partial charge in [-0.1, -0.05) is 23.7 Å². The molecule has 0 spiro atoms. The molecule has 128 valence electrons. The Bertz CT molecular complexity index is 504. The van der Waals surface area contributed by atoms with Gasteiger partial charge < -0.3 is 20.1 Å². The Kier molecular flexibility index (Phi) is 6.17. The van der Waals surface area contributed by atoms with Crippen LogP contribution in [0.5, 0.6) is 5.75 Å². The lowest BCUT2D eigenvalue weighted by atomic mass is 10.0. The van der Waals surface area contributed by atoms with Crippen molar-refractivity contribution in [3.8, 4) is 5.75 Å². The Morgan fingerprint density at radius 2 is 2.09 bits per heavy atom. The van der Waals surface area contributed by atoms with Crippen LogP contribution in [0.25, 0.3) is 0 Å². The fraction of sp³-hybridized carbons (Fsp3) is 0.667. The van der Waals surface area contributed by atoms with Gasteiger partial charge in [-0.05, 0) is 51.3 Å². The largest absolute Gasteiger partial charge is 0.492 e. The molecule has 0 bridgehead atoms. The third-order valence-electron chi connectivity index (χ3n) is 4.86. The molecule has 0 radical (unpaired) electrons. The summed E-state index contributed by atoms with van der Waals surface area (Å²) in [6, 6.07) is 6.35. The summed E-state index contributed by atoms with van der Waals surface area (Å²) in [6.07, 6.45) is 5.01. The highest BCUT2D eigenvalue weighted by Gasteiger charge is 2.21. The van der Waals surface area contributed by atoms with E-state index in [0.717, 1.165) is 70.6 Å². The minimum absolute atomic E-state index is 0.0865. The monoisotopic (exact) mass is 338 g/mol. The predicted molar refractivity (Wildman–Crippen MR) is 93.2 cm³/mol. The number of piperidine rings is 1. The zero-order valence-electron chi connectivity index (χ0n) is 13.6. The molecule has 4 nitrogen and oxygen atoms in total. The molecule has 5 heteroatoms. The Labute approximate surface area is 143 Å². The molecule has 2 aliphatic heterocycles. The van der Waals surface area contributed by atoms with E-state index in [-0.39, 0.29) is 6.10 Å². The molecule has 0 saturated carbocycles. The third-order valence-corrected chi connectivity index (χ3v) is 5.15. The summed E-state index contributed by atoms with van der Waals surface area (Å²) in [7, 11) is 0. The van der Waals surface area contributed by atoms with E-state index in [1.54, 1.807) is 0 Å². The number of para-hydroxylation sites is 1. The minimum atomic E-state index is -0.0865. The lowest BCUT2D eigenvalue weighted by Crippen LogP contribution is -2.37. The number of hydrogen-bond acceptors (Lipinski definition) is 4. The Hall–Kier alpha value is -0.810. The number of hydrogen-bond donors (Lipinski definition) is 2.